The second-order valence-electron chi connectivity index (χ2n) is 8.57. The van der Waals surface area contributed by atoms with Crippen LogP contribution in [0.4, 0.5) is 19.0 Å². The molecule has 2 aliphatic heterocycles. The van der Waals surface area contributed by atoms with Gasteiger partial charge >= 0.3 is 0 Å². The zero-order valence-electron chi connectivity index (χ0n) is 17.4. The van der Waals surface area contributed by atoms with Gasteiger partial charge in [0, 0.05) is 24.6 Å². The van der Waals surface area contributed by atoms with E-state index in [0.717, 1.165) is 6.42 Å². The molecule has 1 saturated carbocycles. The van der Waals surface area contributed by atoms with Crippen LogP contribution in [-0.4, -0.2) is 51.7 Å². The summed E-state index contributed by atoms with van der Waals surface area (Å²) in [5, 5.41) is 7.19. The van der Waals surface area contributed by atoms with Crippen LogP contribution in [0.2, 0.25) is 0 Å². The van der Waals surface area contributed by atoms with Crippen LogP contribution in [0.1, 0.15) is 35.2 Å². The zero-order chi connectivity index (χ0) is 22.7. The summed E-state index contributed by atoms with van der Waals surface area (Å²) in [5.41, 5.74) is 0.912. The first-order chi connectivity index (χ1) is 16.0. The number of nitrogens with one attached hydrogen (secondary N) is 1. The fourth-order valence-corrected chi connectivity index (χ4v) is 4.77. The van der Waals surface area contributed by atoms with E-state index in [1.807, 2.05) is 0 Å². The van der Waals surface area contributed by atoms with Crippen LogP contribution in [0.3, 0.4) is 0 Å². The Balaban J connectivity index is 1.54. The standard InChI is InChI=1S/C22H20F3N5O3/c23-12-1-4-17-11(5-12)8-29-16(19(24)25)10-32-18-9-30-20(28-21(18)29)15(7-26-30)22(31)27-13-2-3-14(6-13)33-17/h1,4-5,7,9,13-14,16,19H,2-3,6,8,10H2,(H,27,31)/t13-,14+,16-/m0/s1. The summed E-state index contributed by atoms with van der Waals surface area (Å²) < 4.78 is 55.3. The monoisotopic (exact) mass is 459 g/mol. The molecule has 3 aliphatic rings. The Bertz CT molecular complexity index is 1250. The highest BCUT2D eigenvalue weighted by molar-refractivity contribution is 6.00. The SMILES string of the molecule is O=C1N[C@H]2CC[C@H](C2)Oc2ccc(F)cc2CN2c3nc4c1cnn4cc3OC[C@H]2C(F)F. The highest BCUT2D eigenvalue weighted by Gasteiger charge is 2.37. The van der Waals surface area contributed by atoms with Crippen molar-refractivity contribution in [3.63, 3.8) is 0 Å². The van der Waals surface area contributed by atoms with Gasteiger partial charge in [-0.25, -0.2) is 22.7 Å². The first-order valence-electron chi connectivity index (χ1n) is 10.8. The van der Waals surface area contributed by atoms with Gasteiger partial charge in [0.1, 0.15) is 35.9 Å². The van der Waals surface area contributed by atoms with E-state index < -0.39 is 18.3 Å². The predicted octanol–water partition coefficient (Wildman–Crippen LogP) is 2.94. The lowest BCUT2D eigenvalue weighted by Gasteiger charge is -2.37. The van der Waals surface area contributed by atoms with Gasteiger partial charge in [-0.1, -0.05) is 0 Å². The van der Waals surface area contributed by atoms with Gasteiger partial charge in [0.05, 0.1) is 12.4 Å². The van der Waals surface area contributed by atoms with Crippen LogP contribution in [-0.2, 0) is 6.54 Å². The predicted molar refractivity (Wildman–Crippen MR) is 110 cm³/mol. The highest BCUT2D eigenvalue weighted by atomic mass is 19.3. The lowest BCUT2D eigenvalue weighted by atomic mass is 10.1. The number of alkyl halides is 2. The molecule has 8 nitrogen and oxygen atoms in total. The Morgan fingerprint density at radius 1 is 1.21 bits per heavy atom. The second kappa shape index (κ2) is 7.53. The summed E-state index contributed by atoms with van der Waals surface area (Å²) >= 11 is 0. The number of nitrogens with zero attached hydrogens (tertiary/aromatic N) is 4. The molecule has 0 spiro atoms. The third kappa shape index (κ3) is 3.42. The topological polar surface area (TPSA) is 81.0 Å². The Labute approximate surface area is 186 Å². The molecule has 2 aromatic heterocycles. The van der Waals surface area contributed by atoms with Gasteiger partial charge < -0.3 is 19.7 Å². The van der Waals surface area contributed by atoms with E-state index in [4.69, 9.17) is 9.47 Å². The minimum atomic E-state index is -2.74. The third-order valence-corrected chi connectivity index (χ3v) is 6.43. The van der Waals surface area contributed by atoms with E-state index in [2.05, 4.69) is 15.4 Å². The molecule has 1 aliphatic carbocycles. The van der Waals surface area contributed by atoms with Crippen molar-refractivity contribution < 1.29 is 27.4 Å². The lowest BCUT2D eigenvalue weighted by molar-refractivity contribution is 0.0765. The first-order valence-corrected chi connectivity index (χ1v) is 10.8. The number of aromatic nitrogens is 3. The van der Waals surface area contributed by atoms with E-state index in [9.17, 15) is 18.0 Å². The van der Waals surface area contributed by atoms with Gasteiger partial charge in [0.2, 0.25) is 0 Å². The number of rotatable bonds is 1. The van der Waals surface area contributed by atoms with Crippen molar-refractivity contribution in [3.05, 3.63) is 47.5 Å². The normalized spacial score (nSPS) is 24.3. The maximum Gasteiger partial charge on any atom is 0.261 e. The van der Waals surface area contributed by atoms with Gasteiger partial charge in [0.15, 0.2) is 17.2 Å². The van der Waals surface area contributed by atoms with Crippen molar-refractivity contribution in [2.24, 2.45) is 0 Å². The van der Waals surface area contributed by atoms with Crippen LogP contribution >= 0.6 is 0 Å². The number of hydrogen-bond donors (Lipinski definition) is 1. The van der Waals surface area contributed by atoms with Crippen molar-refractivity contribution in [2.45, 2.75) is 50.4 Å². The van der Waals surface area contributed by atoms with E-state index in [-0.39, 0.29) is 54.0 Å². The number of fused-ring (bicyclic) bond motifs is 3. The fourth-order valence-electron chi connectivity index (χ4n) is 4.77. The number of anilines is 1. The second-order valence-corrected chi connectivity index (χ2v) is 8.57. The van der Waals surface area contributed by atoms with Crippen molar-refractivity contribution in [3.8, 4) is 11.5 Å². The molecule has 4 bridgehead atoms. The van der Waals surface area contributed by atoms with Crippen molar-refractivity contribution in [1.29, 1.82) is 0 Å². The van der Waals surface area contributed by atoms with Crippen LogP contribution in [0.5, 0.6) is 11.5 Å². The number of amides is 1. The van der Waals surface area contributed by atoms with Crippen LogP contribution < -0.4 is 19.7 Å². The first kappa shape index (κ1) is 20.1. The third-order valence-electron chi connectivity index (χ3n) is 6.43. The quantitative estimate of drug-likeness (QED) is 0.603. The summed E-state index contributed by atoms with van der Waals surface area (Å²) in [4.78, 5) is 18.9. The minimum absolute atomic E-state index is 0.0621. The van der Waals surface area contributed by atoms with E-state index in [0.29, 0.717) is 24.2 Å². The van der Waals surface area contributed by atoms with Crippen LogP contribution in [0.25, 0.3) is 5.65 Å². The Morgan fingerprint density at radius 2 is 2.09 bits per heavy atom. The van der Waals surface area contributed by atoms with Crippen molar-refractivity contribution >= 4 is 17.4 Å². The molecule has 11 heteroatoms. The van der Waals surface area contributed by atoms with Crippen molar-refractivity contribution in [1.82, 2.24) is 19.9 Å². The Kier molecular flexibility index (Phi) is 4.59. The molecule has 1 fully saturated rings. The minimum Gasteiger partial charge on any atom is -0.490 e. The highest BCUT2D eigenvalue weighted by Crippen LogP contribution is 2.38. The molecule has 6 rings (SSSR count). The number of benzene rings is 1. The Morgan fingerprint density at radius 3 is 2.94 bits per heavy atom. The summed E-state index contributed by atoms with van der Waals surface area (Å²) in [6.45, 7) is -0.338. The van der Waals surface area contributed by atoms with E-state index in [1.165, 1.54) is 40.0 Å². The molecule has 0 saturated heterocycles. The zero-order valence-corrected chi connectivity index (χ0v) is 17.4. The smallest absolute Gasteiger partial charge is 0.261 e. The molecule has 3 aromatic rings. The number of halogens is 3. The fraction of sp³-hybridized carbons (Fsp3) is 0.409. The van der Waals surface area contributed by atoms with E-state index in [1.54, 1.807) is 0 Å². The molecule has 33 heavy (non-hydrogen) atoms. The van der Waals surface area contributed by atoms with Gasteiger partial charge in [0.25, 0.3) is 12.3 Å². The summed E-state index contributed by atoms with van der Waals surface area (Å²) in [7, 11) is 0. The molecule has 1 N–H and O–H groups in total. The number of hydrogen-bond acceptors (Lipinski definition) is 6. The summed E-state index contributed by atoms with van der Waals surface area (Å²) in [6, 6.07) is 2.70. The average molecular weight is 459 g/mol. The van der Waals surface area contributed by atoms with Crippen LogP contribution in [0, 0.1) is 5.82 Å². The van der Waals surface area contributed by atoms with Gasteiger partial charge in [-0.05, 0) is 31.0 Å². The molecule has 4 heterocycles. The van der Waals surface area contributed by atoms with Crippen molar-refractivity contribution in [2.75, 3.05) is 11.5 Å². The molecular formula is C22H20F3N5O3. The average Bonchev–Trinajstić information content (AvgIpc) is 3.40. The van der Waals surface area contributed by atoms with Gasteiger partial charge in [-0.2, -0.15) is 5.10 Å². The summed E-state index contributed by atoms with van der Waals surface area (Å²) in [6.07, 6.45) is 2.01. The maximum absolute atomic E-state index is 14.2. The number of carbonyl (C=O) groups excluding carboxylic acids is 1. The maximum atomic E-state index is 14.2. The molecule has 0 unspecified atom stereocenters. The number of carbonyl (C=O) groups is 1. The molecule has 1 aromatic carbocycles. The van der Waals surface area contributed by atoms with Crippen LogP contribution in [0.15, 0.2) is 30.6 Å². The summed E-state index contributed by atoms with van der Waals surface area (Å²) in [5.74, 6) is -0.00290. The largest absolute Gasteiger partial charge is 0.490 e. The molecular weight excluding hydrogens is 439 g/mol. The van der Waals surface area contributed by atoms with Gasteiger partial charge in [-0.3, -0.25) is 4.79 Å². The molecule has 172 valence electrons. The molecule has 3 atom stereocenters. The molecule has 0 radical (unpaired) electrons. The van der Waals surface area contributed by atoms with E-state index >= 15 is 0 Å². The number of ether oxygens (including phenoxy) is 2. The van der Waals surface area contributed by atoms with Gasteiger partial charge in [-0.15, -0.1) is 0 Å². The lowest BCUT2D eigenvalue weighted by Crippen LogP contribution is -2.47. The molecule has 1 amide bonds. The Hall–Kier alpha value is -3.50.